The molecule has 1 aliphatic rings. The first-order valence-corrected chi connectivity index (χ1v) is 12.0. The number of likely N-dealkylation sites (tertiary alicyclic amines) is 1. The quantitative estimate of drug-likeness (QED) is 0.370. The Balaban J connectivity index is 1.47. The van der Waals surface area contributed by atoms with E-state index >= 15 is 0 Å². The van der Waals surface area contributed by atoms with Crippen LogP contribution in [0.15, 0.2) is 34.0 Å². The number of carbonyl (C=O) groups excluding carboxylic acids is 1. The van der Waals surface area contributed by atoms with Crippen LogP contribution in [-0.2, 0) is 4.79 Å². The zero-order valence-electron chi connectivity index (χ0n) is 17.0. The number of unbranched alkanes of at least 4 members (excludes halogenated alkanes) is 1. The van der Waals surface area contributed by atoms with E-state index in [4.69, 9.17) is 9.84 Å². The summed E-state index contributed by atoms with van der Waals surface area (Å²) in [6.45, 7) is 4.17. The number of aromatic carboxylic acids is 1. The largest absolute Gasteiger partial charge is 0.494 e. The first kappa shape index (κ1) is 22.4. The van der Waals surface area contributed by atoms with Crippen molar-refractivity contribution in [1.29, 1.82) is 0 Å². The third kappa shape index (κ3) is 6.37. The lowest BCUT2D eigenvalue weighted by Gasteiger charge is -2.25. The number of nitrogens with zero attached hydrogens (tertiary/aromatic N) is 2. The molecule has 1 saturated heterocycles. The molecule has 7 nitrogen and oxygen atoms in total. The lowest BCUT2D eigenvalue weighted by Crippen LogP contribution is -2.39. The molecule has 0 unspecified atom stereocenters. The standard InChI is InChI=1S/C21H27N3O4S2/c1-2-3-10-28-17-6-4-5-15(12-17)22-13-16-7-8-19(25)24(16)9-11-29-21-23-18(14-30-21)20(26)27/h4-6,12,14,16,22H,2-3,7-11,13H2,1H3,(H,26,27)/t16-/m1/s1. The molecule has 1 aromatic carbocycles. The fourth-order valence-electron chi connectivity index (χ4n) is 3.23. The fraction of sp³-hybridized carbons (Fsp3) is 0.476. The number of nitrogens with one attached hydrogen (secondary N) is 1. The van der Waals surface area contributed by atoms with Gasteiger partial charge in [0.15, 0.2) is 10.0 Å². The molecule has 1 aromatic heterocycles. The molecule has 1 amide bonds. The Morgan fingerprint density at radius 1 is 1.47 bits per heavy atom. The van der Waals surface area contributed by atoms with Gasteiger partial charge in [0.2, 0.25) is 5.91 Å². The summed E-state index contributed by atoms with van der Waals surface area (Å²) in [6, 6.07) is 8.07. The highest BCUT2D eigenvalue weighted by Gasteiger charge is 2.30. The Hall–Kier alpha value is -2.26. The van der Waals surface area contributed by atoms with E-state index < -0.39 is 5.97 Å². The summed E-state index contributed by atoms with van der Waals surface area (Å²) in [5, 5.41) is 13.9. The van der Waals surface area contributed by atoms with Gasteiger partial charge in [0.25, 0.3) is 0 Å². The molecule has 0 radical (unpaired) electrons. The zero-order chi connectivity index (χ0) is 21.3. The van der Waals surface area contributed by atoms with Crippen molar-refractivity contribution in [2.24, 2.45) is 0 Å². The number of benzene rings is 1. The minimum Gasteiger partial charge on any atom is -0.494 e. The van der Waals surface area contributed by atoms with Crippen LogP contribution in [0, 0.1) is 0 Å². The Morgan fingerprint density at radius 2 is 2.33 bits per heavy atom. The summed E-state index contributed by atoms with van der Waals surface area (Å²) >= 11 is 2.81. The third-order valence-electron chi connectivity index (χ3n) is 4.85. The van der Waals surface area contributed by atoms with Gasteiger partial charge in [-0.3, -0.25) is 4.79 Å². The van der Waals surface area contributed by atoms with Crippen molar-refractivity contribution < 1.29 is 19.4 Å². The zero-order valence-corrected chi connectivity index (χ0v) is 18.6. The Labute approximate surface area is 184 Å². The predicted molar refractivity (Wildman–Crippen MR) is 120 cm³/mol. The van der Waals surface area contributed by atoms with E-state index in [1.807, 2.05) is 29.2 Å². The highest BCUT2D eigenvalue weighted by atomic mass is 32.2. The van der Waals surface area contributed by atoms with E-state index in [0.717, 1.165) is 37.3 Å². The molecule has 2 N–H and O–H groups in total. The SMILES string of the molecule is CCCCOc1cccc(NC[C@H]2CCC(=O)N2CCSc2nc(C(=O)O)cs2)c1. The van der Waals surface area contributed by atoms with Crippen molar-refractivity contribution in [3.05, 3.63) is 35.3 Å². The van der Waals surface area contributed by atoms with E-state index in [2.05, 4.69) is 17.2 Å². The van der Waals surface area contributed by atoms with Gasteiger partial charge in [-0.15, -0.1) is 11.3 Å². The van der Waals surface area contributed by atoms with Gasteiger partial charge >= 0.3 is 5.97 Å². The predicted octanol–water partition coefficient (Wildman–Crippen LogP) is 4.22. The van der Waals surface area contributed by atoms with Crippen molar-refractivity contribution in [2.75, 3.05) is 30.8 Å². The number of thioether (sulfide) groups is 1. The van der Waals surface area contributed by atoms with Crippen LogP contribution in [0.4, 0.5) is 5.69 Å². The van der Waals surface area contributed by atoms with E-state index in [9.17, 15) is 9.59 Å². The average molecular weight is 450 g/mol. The molecule has 162 valence electrons. The summed E-state index contributed by atoms with van der Waals surface area (Å²) in [5.74, 6) is 0.701. The highest BCUT2D eigenvalue weighted by Crippen LogP contribution is 2.25. The van der Waals surface area contributed by atoms with E-state index in [-0.39, 0.29) is 17.6 Å². The van der Waals surface area contributed by atoms with E-state index in [0.29, 0.717) is 29.6 Å². The molecular formula is C21H27N3O4S2. The summed E-state index contributed by atoms with van der Waals surface area (Å²) in [4.78, 5) is 29.2. The van der Waals surface area contributed by atoms with Crippen LogP contribution in [0.3, 0.4) is 0 Å². The molecule has 1 atom stereocenters. The van der Waals surface area contributed by atoms with Gasteiger partial charge in [-0.2, -0.15) is 0 Å². The molecular weight excluding hydrogens is 422 g/mol. The lowest BCUT2D eigenvalue weighted by molar-refractivity contribution is -0.128. The number of thiazole rings is 1. The number of aromatic nitrogens is 1. The average Bonchev–Trinajstić information content (AvgIpc) is 3.35. The molecule has 1 fully saturated rings. The number of carbonyl (C=O) groups is 2. The van der Waals surface area contributed by atoms with Gasteiger partial charge in [0.05, 0.1) is 6.61 Å². The second-order valence-corrected chi connectivity index (χ2v) is 9.24. The van der Waals surface area contributed by atoms with Crippen molar-refractivity contribution in [1.82, 2.24) is 9.88 Å². The van der Waals surface area contributed by atoms with Gasteiger partial charge in [-0.1, -0.05) is 31.2 Å². The number of anilines is 1. The second-order valence-electron chi connectivity index (χ2n) is 7.04. The number of hydrogen-bond donors (Lipinski definition) is 2. The number of carboxylic acids is 1. The van der Waals surface area contributed by atoms with Crippen molar-refractivity contribution in [3.8, 4) is 5.75 Å². The van der Waals surface area contributed by atoms with Crippen LogP contribution in [0.2, 0.25) is 0 Å². The molecule has 2 aromatic rings. The van der Waals surface area contributed by atoms with Crippen LogP contribution >= 0.6 is 23.1 Å². The maximum Gasteiger partial charge on any atom is 0.355 e. The lowest BCUT2D eigenvalue weighted by atomic mass is 10.2. The normalized spacial score (nSPS) is 16.1. The third-order valence-corrected chi connectivity index (χ3v) is 6.86. The summed E-state index contributed by atoms with van der Waals surface area (Å²) < 4.78 is 6.48. The van der Waals surface area contributed by atoms with Crippen molar-refractivity contribution in [2.45, 2.75) is 43.0 Å². The molecule has 30 heavy (non-hydrogen) atoms. The van der Waals surface area contributed by atoms with Crippen LogP contribution in [-0.4, -0.2) is 58.4 Å². The molecule has 9 heteroatoms. The summed E-state index contributed by atoms with van der Waals surface area (Å²) in [7, 11) is 0. The Kier molecular flexibility index (Phi) is 8.39. The fourth-order valence-corrected chi connectivity index (χ4v) is 5.04. The molecule has 1 aliphatic heterocycles. The minimum atomic E-state index is -1.02. The molecule has 0 bridgehead atoms. The Bertz CT molecular complexity index is 858. The maximum absolute atomic E-state index is 12.3. The van der Waals surface area contributed by atoms with Gasteiger partial charge in [-0.25, -0.2) is 9.78 Å². The Morgan fingerprint density at radius 3 is 3.10 bits per heavy atom. The molecule has 0 saturated carbocycles. The minimum absolute atomic E-state index is 0.0720. The smallest absolute Gasteiger partial charge is 0.355 e. The van der Waals surface area contributed by atoms with Gasteiger partial charge < -0.3 is 20.1 Å². The summed E-state index contributed by atoms with van der Waals surface area (Å²) in [6.07, 6.45) is 3.54. The van der Waals surface area contributed by atoms with Crippen LogP contribution < -0.4 is 10.1 Å². The molecule has 3 rings (SSSR count). The van der Waals surface area contributed by atoms with Crippen LogP contribution in [0.1, 0.15) is 43.1 Å². The maximum atomic E-state index is 12.3. The van der Waals surface area contributed by atoms with Gasteiger partial charge in [0.1, 0.15) is 5.75 Å². The number of carboxylic acid groups (broad SMARTS) is 1. The van der Waals surface area contributed by atoms with Crippen molar-refractivity contribution in [3.63, 3.8) is 0 Å². The van der Waals surface area contributed by atoms with Crippen LogP contribution in [0.5, 0.6) is 5.75 Å². The topological polar surface area (TPSA) is 91.8 Å². The first-order valence-electron chi connectivity index (χ1n) is 10.1. The number of ether oxygens (including phenoxy) is 1. The number of hydrogen-bond acceptors (Lipinski definition) is 7. The highest BCUT2D eigenvalue weighted by molar-refractivity contribution is 8.01. The monoisotopic (exact) mass is 449 g/mol. The van der Waals surface area contributed by atoms with E-state index in [1.54, 1.807) is 5.38 Å². The van der Waals surface area contributed by atoms with Gasteiger partial charge in [0, 0.05) is 48.4 Å². The van der Waals surface area contributed by atoms with E-state index in [1.165, 1.54) is 23.1 Å². The van der Waals surface area contributed by atoms with Gasteiger partial charge in [-0.05, 0) is 25.0 Å². The molecule has 2 heterocycles. The second kappa shape index (κ2) is 11.2. The number of amides is 1. The first-order chi connectivity index (χ1) is 14.6. The summed E-state index contributed by atoms with van der Waals surface area (Å²) in [5.41, 5.74) is 1.06. The van der Waals surface area contributed by atoms with Crippen LogP contribution in [0.25, 0.3) is 0 Å². The molecule has 0 aliphatic carbocycles. The molecule has 0 spiro atoms. The number of rotatable bonds is 12. The van der Waals surface area contributed by atoms with Crippen molar-refractivity contribution >= 4 is 40.7 Å².